The van der Waals surface area contributed by atoms with Gasteiger partial charge in [-0.3, -0.25) is 4.79 Å². The van der Waals surface area contributed by atoms with Crippen LogP contribution in [0.1, 0.15) is 51.2 Å². The molecule has 5 nitrogen and oxygen atoms in total. The fourth-order valence-electron chi connectivity index (χ4n) is 3.98. The second kappa shape index (κ2) is 10.7. The van der Waals surface area contributed by atoms with Gasteiger partial charge < -0.3 is 14.8 Å². The number of ether oxygens (including phenoxy) is 1. The van der Waals surface area contributed by atoms with Gasteiger partial charge in [0, 0.05) is 22.5 Å². The summed E-state index contributed by atoms with van der Waals surface area (Å²) < 4.78 is 34.7. The van der Waals surface area contributed by atoms with E-state index in [1.54, 1.807) is 36.5 Å². The first-order valence-corrected chi connectivity index (χ1v) is 11.6. The minimum atomic E-state index is -1.39. The predicted octanol–water partition coefficient (Wildman–Crippen LogP) is 7.12. The normalized spacial score (nSPS) is 11.8. The van der Waals surface area contributed by atoms with Gasteiger partial charge in [0.15, 0.2) is 5.78 Å². The monoisotopic (exact) mass is 509 g/mol. The Labute approximate surface area is 211 Å². The van der Waals surface area contributed by atoms with Crippen molar-refractivity contribution in [3.8, 4) is 16.9 Å². The molecule has 1 aromatic heterocycles. The van der Waals surface area contributed by atoms with Crippen molar-refractivity contribution < 1.29 is 28.2 Å². The lowest BCUT2D eigenvalue weighted by Gasteiger charge is -2.21. The maximum absolute atomic E-state index is 14.8. The van der Waals surface area contributed by atoms with E-state index in [1.165, 1.54) is 24.3 Å². The smallest absolute Gasteiger partial charge is 0.338 e. The highest BCUT2D eigenvalue weighted by atomic mass is 35.5. The summed E-state index contributed by atoms with van der Waals surface area (Å²) in [7, 11) is 0. The van der Waals surface area contributed by atoms with E-state index >= 15 is 0 Å². The molecule has 0 radical (unpaired) electrons. The number of aromatic carboxylic acids is 1. The number of carbonyl (C=O) groups is 2. The molecule has 1 unspecified atom stereocenters. The first-order chi connectivity index (χ1) is 17.3. The maximum atomic E-state index is 14.8. The zero-order chi connectivity index (χ0) is 25.8. The number of halogens is 3. The van der Waals surface area contributed by atoms with E-state index < -0.39 is 34.9 Å². The van der Waals surface area contributed by atoms with Crippen LogP contribution in [0.2, 0.25) is 5.02 Å². The molecule has 0 bridgehead atoms. The number of Topliss-reactive ketones (excluding diaryl/α,β-unsaturated/α-hetero) is 1. The lowest BCUT2D eigenvalue weighted by Crippen LogP contribution is -2.18. The molecule has 1 atom stereocenters. The van der Waals surface area contributed by atoms with E-state index in [4.69, 9.17) is 16.3 Å². The molecule has 1 heterocycles. The highest BCUT2D eigenvalue weighted by Crippen LogP contribution is 2.38. The molecular formula is C28H22ClF2NO4. The minimum Gasteiger partial charge on any atom is -0.493 e. The van der Waals surface area contributed by atoms with Crippen molar-refractivity contribution >= 4 is 23.4 Å². The summed E-state index contributed by atoms with van der Waals surface area (Å²) in [5.74, 6) is -4.07. The van der Waals surface area contributed by atoms with Crippen LogP contribution in [0.5, 0.6) is 5.75 Å². The number of hydrogen-bond donors (Lipinski definition) is 2. The van der Waals surface area contributed by atoms with Gasteiger partial charge in [-0.1, -0.05) is 30.7 Å². The zero-order valence-corrected chi connectivity index (χ0v) is 20.0. The zero-order valence-electron chi connectivity index (χ0n) is 19.2. The highest BCUT2D eigenvalue weighted by Gasteiger charge is 2.30. The average Bonchev–Trinajstić information content (AvgIpc) is 3.38. The molecule has 184 valence electrons. The van der Waals surface area contributed by atoms with Gasteiger partial charge in [0.05, 0.1) is 23.7 Å². The Bertz CT molecular complexity index is 1420. The van der Waals surface area contributed by atoms with Crippen molar-refractivity contribution in [2.45, 2.75) is 19.3 Å². The van der Waals surface area contributed by atoms with Crippen LogP contribution >= 0.6 is 11.6 Å². The van der Waals surface area contributed by atoms with E-state index in [0.717, 1.165) is 12.1 Å². The van der Waals surface area contributed by atoms with Crippen LogP contribution in [0.15, 0.2) is 72.9 Å². The fourth-order valence-corrected chi connectivity index (χ4v) is 4.14. The van der Waals surface area contributed by atoms with Crippen molar-refractivity contribution in [3.05, 3.63) is 112 Å². The summed E-state index contributed by atoms with van der Waals surface area (Å²) in [6.45, 7) is 2.32. The summed E-state index contributed by atoms with van der Waals surface area (Å²) in [5, 5.41) is 9.50. The van der Waals surface area contributed by atoms with Crippen molar-refractivity contribution in [3.63, 3.8) is 0 Å². The van der Waals surface area contributed by atoms with Gasteiger partial charge in [-0.2, -0.15) is 0 Å². The Hall–Kier alpha value is -3.97. The Balaban J connectivity index is 1.90. The number of carboxylic acids is 1. The van der Waals surface area contributed by atoms with Gasteiger partial charge in [0.25, 0.3) is 0 Å². The van der Waals surface area contributed by atoms with Gasteiger partial charge in [0.2, 0.25) is 0 Å². The topological polar surface area (TPSA) is 79.4 Å². The molecule has 0 saturated heterocycles. The Morgan fingerprint density at radius 3 is 2.39 bits per heavy atom. The molecule has 36 heavy (non-hydrogen) atoms. The number of H-pyrrole nitrogens is 1. The Morgan fingerprint density at radius 1 is 0.972 bits per heavy atom. The predicted molar refractivity (Wildman–Crippen MR) is 133 cm³/mol. The van der Waals surface area contributed by atoms with Crippen molar-refractivity contribution in [2.75, 3.05) is 6.61 Å². The minimum absolute atomic E-state index is 0.138. The van der Waals surface area contributed by atoms with Crippen LogP contribution in [-0.4, -0.2) is 28.4 Å². The second-order valence-corrected chi connectivity index (χ2v) is 8.58. The standard InChI is InChI=1S/C28H22ClF2NO4/c1-2-12-36-25-10-6-17(16-5-9-22(30)20(13-16)28(34)35)14-21(25)26(24-4-3-11-32-24)27(33)19-8-7-18(29)15-23(19)31/h3-11,13-15,26,32H,2,12H2,1H3,(H,34,35). The summed E-state index contributed by atoms with van der Waals surface area (Å²) >= 11 is 5.89. The number of aromatic nitrogens is 1. The largest absolute Gasteiger partial charge is 0.493 e. The Kier molecular flexibility index (Phi) is 7.50. The number of nitrogens with one attached hydrogen (secondary N) is 1. The van der Waals surface area contributed by atoms with Gasteiger partial charge >= 0.3 is 5.97 Å². The number of hydrogen-bond acceptors (Lipinski definition) is 3. The van der Waals surface area contributed by atoms with E-state index in [2.05, 4.69) is 4.98 Å². The van der Waals surface area contributed by atoms with Gasteiger partial charge in [-0.25, -0.2) is 13.6 Å². The molecule has 8 heteroatoms. The van der Waals surface area contributed by atoms with E-state index in [1.807, 2.05) is 6.92 Å². The number of rotatable bonds is 9. The first kappa shape index (κ1) is 25.1. The molecule has 4 rings (SSSR count). The Morgan fingerprint density at radius 2 is 1.72 bits per heavy atom. The van der Waals surface area contributed by atoms with E-state index in [0.29, 0.717) is 41.2 Å². The average molecular weight is 510 g/mol. The summed E-state index contributed by atoms with van der Waals surface area (Å²) in [6, 6.07) is 16.1. The molecular weight excluding hydrogens is 488 g/mol. The number of carbonyl (C=O) groups excluding carboxylic acids is 1. The highest BCUT2D eigenvalue weighted by molar-refractivity contribution is 6.30. The molecule has 0 spiro atoms. The third-order valence-corrected chi connectivity index (χ3v) is 5.94. The van der Waals surface area contributed by atoms with Crippen LogP contribution in [-0.2, 0) is 0 Å². The molecule has 3 aromatic carbocycles. The van der Waals surface area contributed by atoms with Crippen LogP contribution in [0.4, 0.5) is 8.78 Å². The van der Waals surface area contributed by atoms with Crippen LogP contribution in [0.25, 0.3) is 11.1 Å². The molecule has 0 aliphatic carbocycles. The molecule has 0 saturated carbocycles. The number of benzene rings is 3. The molecule has 4 aromatic rings. The summed E-state index contributed by atoms with van der Waals surface area (Å²) in [5.41, 5.74) is 1.33. The van der Waals surface area contributed by atoms with Crippen LogP contribution in [0, 0.1) is 11.6 Å². The SMILES string of the molecule is CCCOc1ccc(-c2ccc(F)c(C(=O)O)c2)cc1C(C(=O)c1ccc(Cl)cc1F)c1ccc[nH]1. The van der Waals surface area contributed by atoms with E-state index in [-0.39, 0.29) is 10.6 Å². The lowest BCUT2D eigenvalue weighted by molar-refractivity contribution is 0.0691. The molecule has 0 aliphatic rings. The van der Waals surface area contributed by atoms with Gasteiger partial charge in [-0.15, -0.1) is 0 Å². The fraction of sp³-hybridized carbons (Fsp3) is 0.143. The third-order valence-electron chi connectivity index (χ3n) is 5.70. The second-order valence-electron chi connectivity index (χ2n) is 8.15. The van der Waals surface area contributed by atoms with Crippen LogP contribution < -0.4 is 4.74 Å². The number of ketones is 1. The molecule has 0 aliphatic heterocycles. The van der Waals surface area contributed by atoms with Crippen molar-refractivity contribution in [1.29, 1.82) is 0 Å². The van der Waals surface area contributed by atoms with Crippen molar-refractivity contribution in [2.24, 2.45) is 0 Å². The first-order valence-electron chi connectivity index (χ1n) is 11.2. The number of aromatic amines is 1. The summed E-state index contributed by atoms with van der Waals surface area (Å²) in [4.78, 5) is 28.2. The van der Waals surface area contributed by atoms with Gasteiger partial charge in [0.1, 0.15) is 17.4 Å². The third kappa shape index (κ3) is 5.16. The van der Waals surface area contributed by atoms with Gasteiger partial charge in [-0.05, 0) is 72.1 Å². The maximum Gasteiger partial charge on any atom is 0.338 e. The molecule has 0 amide bonds. The molecule has 2 N–H and O–H groups in total. The van der Waals surface area contributed by atoms with Crippen molar-refractivity contribution in [1.82, 2.24) is 4.98 Å². The quantitative estimate of drug-likeness (QED) is 0.235. The van der Waals surface area contributed by atoms with Crippen LogP contribution in [0.3, 0.4) is 0 Å². The van der Waals surface area contributed by atoms with E-state index in [9.17, 15) is 23.5 Å². The summed E-state index contributed by atoms with van der Waals surface area (Å²) in [6.07, 6.45) is 2.37. The lowest BCUT2D eigenvalue weighted by atomic mass is 9.85. The molecule has 0 fully saturated rings. The number of carboxylic acid groups (broad SMARTS) is 1.